The maximum atomic E-state index is 10.8. The zero-order valence-corrected chi connectivity index (χ0v) is 17.6. The molecule has 0 radical (unpaired) electrons. The molecule has 8 heteroatoms. The van der Waals surface area contributed by atoms with Crippen molar-refractivity contribution in [1.82, 2.24) is 19.5 Å². The fourth-order valence-corrected chi connectivity index (χ4v) is 3.64. The van der Waals surface area contributed by atoms with E-state index in [1.54, 1.807) is 10.6 Å². The van der Waals surface area contributed by atoms with E-state index in [2.05, 4.69) is 44.6 Å². The van der Waals surface area contributed by atoms with Crippen LogP contribution < -0.4 is 5.32 Å². The van der Waals surface area contributed by atoms with E-state index in [9.17, 15) is 9.90 Å². The van der Waals surface area contributed by atoms with Crippen molar-refractivity contribution in [2.24, 2.45) is 5.92 Å². The second kappa shape index (κ2) is 9.89. The Labute approximate surface area is 181 Å². The number of likely N-dealkylation sites (tertiary alicyclic amines) is 1. The normalized spacial score (nSPS) is 16.5. The number of aliphatic hydroxyl groups is 1. The van der Waals surface area contributed by atoms with Gasteiger partial charge in [0.25, 0.3) is 5.95 Å². The molecule has 1 aromatic carbocycles. The third kappa shape index (κ3) is 5.80. The Morgan fingerprint density at radius 1 is 1.06 bits per heavy atom. The fraction of sp³-hybridized carbons (Fsp3) is 0.435. The van der Waals surface area contributed by atoms with E-state index in [0.29, 0.717) is 18.2 Å². The zero-order chi connectivity index (χ0) is 21.6. The van der Waals surface area contributed by atoms with Gasteiger partial charge in [-0.1, -0.05) is 49.6 Å². The highest BCUT2D eigenvalue weighted by molar-refractivity contribution is 5.80. The van der Waals surface area contributed by atoms with Crippen LogP contribution in [0.1, 0.15) is 37.7 Å². The minimum Gasteiger partial charge on any atom is -0.465 e. The van der Waals surface area contributed by atoms with Gasteiger partial charge in [0.15, 0.2) is 5.65 Å². The number of aliphatic hydroxyl groups excluding tert-OH is 1. The van der Waals surface area contributed by atoms with E-state index < -0.39 is 6.09 Å². The summed E-state index contributed by atoms with van der Waals surface area (Å²) in [6, 6.07) is 13.9. The first-order valence-electron chi connectivity index (χ1n) is 10.9. The molecular weight excluding hydrogens is 394 g/mol. The average molecular weight is 424 g/mol. The number of rotatable bonds is 5. The Kier molecular flexibility index (Phi) is 6.79. The van der Waals surface area contributed by atoms with Gasteiger partial charge in [-0.25, -0.2) is 9.31 Å². The van der Waals surface area contributed by atoms with Gasteiger partial charge in [-0.15, -0.1) is 5.10 Å². The molecule has 3 N–H and O–H groups in total. The van der Waals surface area contributed by atoms with Crippen LogP contribution in [0, 0.1) is 5.92 Å². The van der Waals surface area contributed by atoms with Gasteiger partial charge < -0.3 is 10.2 Å². The van der Waals surface area contributed by atoms with Crippen molar-refractivity contribution < 1.29 is 15.0 Å². The van der Waals surface area contributed by atoms with Crippen molar-refractivity contribution in [3.05, 3.63) is 48.0 Å². The van der Waals surface area contributed by atoms with Crippen LogP contribution in [-0.4, -0.2) is 55.5 Å². The number of hydrogen-bond donors (Lipinski definition) is 3. The Morgan fingerprint density at radius 2 is 1.77 bits per heavy atom. The van der Waals surface area contributed by atoms with Gasteiger partial charge >= 0.3 is 6.09 Å². The molecule has 0 unspecified atom stereocenters. The number of carboxylic acid groups (broad SMARTS) is 1. The minimum absolute atomic E-state index is 0.0582. The molecule has 5 rings (SSSR count). The predicted octanol–water partition coefficient (Wildman–Crippen LogP) is 3.86. The van der Waals surface area contributed by atoms with Crippen LogP contribution in [0.3, 0.4) is 0 Å². The number of carbonyl (C=O) groups is 1. The SMILES string of the molecule is C1CC1.O=C(O)Nc1nc2cccc(-c3ccc(CN4CCC(CO)CC4)cc3)n2n1. The lowest BCUT2D eigenvalue weighted by Crippen LogP contribution is -2.34. The lowest BCUT2D eigenvalue weighted by Gasteiger charge is -2.31. The number of nitrogens with zero attached hydrogens (tertiary/aromatic N) is 4. The minimum atomic E-state index is -1.19. The van der Waals surface area contributed by atoms with Crippen LogP contribution in [-0.2, 0) is 6.54 Å². The summed E-state index contributed by atoms with van der Waals surface area (Å²) in [5.41, 5.74) is 3.65. The standard InChI is InChI=1S/C20H23N5O3.C3H6/c26-13-15-8-10-24(11-9-15)12-14-4-6-16(7-5-14)17-2-1-3-18-21-19(22-20(27)28)23-25(17)18;1-2-3-1/h1-7,15,26H,8-13H2,(H,22,23)(H,27,28);1-3H2. The van der Waals surface area contributed by atoms with E-state index >= 15 is 0 Å². The smallest absolute Gasteiger partial charge is 0.411 e. The van der Waals surface area contributed by atoms with Crippen molar-refractivity contribution >= 4 is 17.7 Å². The first-order chi connectivity index (χ1) is 15.1. The second-order valence-electron chi connectivity index (χ2n) is 8.21. The summed E-state index contributed by atoms with van der Waals surface area (Å²) < 4.78 is 1.64. The number of amides is 1. The highest BCUT2D eigenvalue weighted by Gasteiger charge is 2.18. The summed E-state index contributed by atoms with van der Waals surface area (Å²) in [6.07, 6.45) is 5.41. The van der Waals surface area contributed by atoms with Crippen molar-refractivity contribution in [2.75, 3.05) is 25.0 Å². The van der Waals surface area contributed by atoms with Gasteiger partial charge in [-0.3, -0.25) is 10.2 Å². The number of fused-ring (bicyclic) bond motifs is 1. The molecule has 3 heterocycles. The zero-order valence-electron chi connectivity index (χ0n) is 17.6. The van der Waals surface area contributed by atoms with Gasteiger partial charge in [0.2, 0.25) is 0 Å². The van der Waals surface area contributed by atoms with E-state index in [1.807, 2.05) is 12.1 Å². The third-order valence-electron chi connectivity index (χ3n) is 5.55. The Bertz CT molecular complexity index is 1000. The molecular formula is C23H29N5O3. The molecule has 3 aromatic rings. The lowest BCUT2D eigenvalue weighted by atomic mass is 9.97. The number of piperidine rings is 1. The highest BCUT2D eigenvalue weighted by atomic mass is 16.4. The number of benzene rings is 1. The van der Waals surface area contributed by atoms with Gasteiger partial charge in [-0.2, -0.15) is 4.98 Å². The van der Waals surface area contributed by atoms with Crippen LogP contribution in [0.15, 0.2) is 42.5 Å². The molecule has 0 bridgehead atoms. The number of pyridine rings is 1. The molecule has 8 nitrogen and oxygen atoms in total. The van der Waals surface area contributed by atoms with Gasteiger partial charge in [0.1, 0.15) is 0 Å². The molecule has 2 aromatic heterocycles. The molecule has 2 aliphatic rings. The van der Waals surface area contributed by atoms with Crippen LogP contribution in [0.25, 0.3) is 16.9 Å². The van der Waals surface area contributed by atoms with Gasteiger partial charge in [-0.05, 0) is 49.5 Å². The van der Waals surface area contributed by atoms with E-state index in [4.69, 9.17) is 5.11 Å². The maximum absolute atomic E-state index is 10.8. The second-order valence-corrected chi connectivity index (χ2v) is 8.21. The average Bonchev–Trinajstić information content (AvgIpc) is 3.61. The lowest BCUT2D eigenvalue weighted by molar-refractivity contribution is 0.127. The van der Waals surface area contributed by atoms with Gasteiger partial charge in [0.05, 0.1) is 5.69 Å². The Balaban J connectivity index is 0.000000710. The predicted molar refractivity (Wildman–Crippen MR) is 119 cm³/mol. The summed E-state index contributed by atoms with van der Waals surface area (Å²) in [5, 5.41) is 24.6. The molecule has 0 spiro atoms. The monoisotopic (exact) mass is 423 g/mol. The number of hydrogen-bond acceptors (Lipinski definition) is 5. The quantitative estimate of drug-likeness (QED) is 0.576. The number of nitrogens with one attached hydrogen (secondary N) is 1. The number of aromatic nitrogens is 3. The van der Waals surface area contributed by atoms with Crippen LogP contribution in [0.4, 0.5) is 10.7 Å². The van der Waals surface area contributed by atoms with Crippen molar-refractivity contribution in [1.29, 1.82) is 0 Å². The summed E-state index contributed by atoms with van der Waals surface area (Å²) >= 11 is 0. The molecule has 1 saturated heterocycles. The summed E-state index contributed by atoms with van der Waals surface area (Å²) in [6.45, 7) is 3.23. The van der Waals surface area contributed by atoms with Gasteiger partial charge in [0, 0.05) is 18.7 Å². The maximum Gasteiger partial charge on any atom is 0.411 e. The van der Waals surface area contributed by atoms with Crippen molar-refractivity contribution in [3.8, 4) is 11.3 Å². The first kappa shape index (κ1) is 21.3. The topological polar surface area (TPSA) is 103 Å². The van der Waals surface area contributed by atoms with Crippen LogP contribution in [0.2, 0.25) is 0 Å². The first-order valence-corrected chi connectivity index (χ1v) is 10.9. The molecule has 1 aliphatic carbocycles. The summed E-state index contributed by atoms with van der Waals surface area (Å²) in [5.74, 6) is 0.505. The molecule has 1 saturated carbocycles. The van der Waals surface area contributed by atoms with Crippen molar-refractivity contribution in [3.63, 3.8) is 0 Å². The Morgan fingerprint density at radius 3 is 2.39 bits per heavy atom. The molecule has 0 atom stereocenters. The summed E-state index contributed by atoms with van der Waals surface area (Å²) in [4.78, 5) is 17.4. The molecule has 164 valence electrons. The van der Waals surface area contributed by atoms with E-state index in [0.717, 1.165) is 43.7 Å². The molecule has 2 fully saturated rings. The van der Waals surface area contributed by atoms with E-state index in [1.165, 1.54) is 24.8 Å². The third-order valence-corrected chi connectivity index (χ3v) is 5.55. The van der Waals surface area contributed by atoms with Crippen molar-refractivity contribution in [2.45, 2.75) is 38.6 Å². The molecule has 1 aliphatic heterocycles. The van der Waals surface area contributed by atoms with Crippen LogP contribution >= 0.6 is 0 Å². The number of anilines is 1. The largest absolute Gasteiger partial charge is 0.465 e. The highest BCUT2D eigenvalue weighted by Crippen LogP contribution is 2.23. The van der Waals surface area contributed by atoms with E-state index in [-0.39, 0.29) is 5.95 Å². The Hall–Kier alpha value is -2.97. The summed E-state index contributed by atoms with van der Waals surface area (Å²) in [7, 11) is 0. The fourth-order valence-electron chi connectivity index (χ4n) is 3.64. The van der Waals surface area contributed by atoms with Crippen LogP contribution in [0.5, 0.6) is 0 Å². The molecule has 31 heavy (non-hydrogen) atoms. The molecule has 1 amide bonds.